The van der Waals surface area contributed by atoms with Gasteiger partial charge in [-0.15, -0.1) is 0 Å². The highest BCUT2D eigenvalue weighted by Crippen LogP contribution is 2.42. The quantitative estimate of drug-likeness (QED) is 0.732. The van der Waals surface area contributed by atoms with Crippen LogP contribution in [0.5, 0.6) is 11.5 Å². The number of rotatable bonds is 6. The topological polar surface area (TPSA) is 62.8 Å². The summed E-state index contributed by atoms with van der Waals surface area (Å²) < 4.78 is 11.0. The fourth-order valence-corrected chi connectivity index (χ4v) is 5.27. The second-order valence-electron chi connectivity index (χ2n) is 10.1. The lowest BCUT2D eigenvalue weighted by molar-refractivity contribution is -0.125. The second kappa shape index (κ2) is 8.14. The van der Waals surface area contributed by atoms with E-state index < -0.39 is 0 Å². The van der Waals surface area contributed by atoms with Gasteiger partial charge in [0, 0.05) is 34.6 Å². The third-order valence-electron chi connectivity index (χ3n) is 6.46. The molecule has 3 aliphatic heterocycles. The van der Waals surface area contributed by atoms with E-state index in [0.29, 0.717) is 24.5 Å². The van der Waals surface area contributed by atoms with Gasteiger partial charge >= 0.3 is 0 Å². The Morgan fingerprint density at radius 1 is 1.20 bits per heavy atom. The highest BCUT2D eigenvalue weighted by Gasteiger charge is 2.41. The Bertz CT molecular complexity index is 816. The summed E-state index contributed by atoms with van der Waals surface area (Å²) in [7, 11) is 0. The maximum Gasteiger partial charge on any atom is 0.234 e. The fourth-order valence-electron chi connectivity index (χ4n) is 5.27. The average molecular weight is 414 g/mol. The van der Waals surface area contributed by atoms with Gasteiger partial charge in [-0.05, 0) is 77.8 Å². The van der Waals surface area contributed by atoms with E-state index in [0.717, 1.165) is 47.7 Å². The molecule has 0 saturated carbocycles. The summed E-state index contributed by atoms with van der Waals surface area (Å²) in [6.45, 7) is 13.3. The Kier molecular flexibility index (Phi) is 5.71. The van der Waals surface area contributed by atoms with Crippen molar-refractivity contribution in [2.75, 3.05) is 18.7 Å². The van der Waals surface area contributed by atoms with Crippen LogP contribution in [-0.2, 0) is 4.79 Å². The van der Waals surface area contributed by atoms with Crippen molar-refractivity contribution in [2.24, 2.45) is 5.92 Å². The van der Waals surface area contributed by atoms with Gasteiger partial charge in [0.15, 0.2) is 11.5 Å². The molecular formula is C24H35N3O3. The van der Waals surface area contributed by atoms with Crippen molar-refractivity contribution in [1.29, 1.82) is 0 Å². The molecule has 3 aliphatic rings. The Morgan fingerprint density at radius 3 is 2.57 bits per heavy atom. The highest BCUT2D eigenvalue weighted by atomic mass is 16.7. The second-order valence-corrected chi connectivity index (χ2v) is 10.1. The number of piperidine rings is 1. The lowest BCUT2D eigenvalue weighted by Gasteiger charge is -2.39. The standard InChI is InChI=1S/C24H35N3O3/c1-15(25-20-8-9-21-23(16(20)2)30-14-29-21)10-17-11-18-6-7-19(12-17)27(18)13-22(28)26-24(3,4)5/h8-9,17-19,25H,1,6-7,10-14H2,2-5H3,(H,26,28)/t17?,18-,19?/m0/s1. The number of ether oxygens (including phenoxy) is 2. The van der Waals surface area contributed by atoms with Crippen LogP contribution in [0.25, 0.3) is 0 Å². The summed E-state index contributed by atoms with van der Waals surface area (Å²) in [5, 5.41) is 6.60. The number of nitrogens with one attached hydrogen (secondary N) is 2. The summed E-state index contributed by atoms with van der Waals surface area (Å²) in [5.41, 5.74) is 2.96. The number of allylic oxidation sites excluding steroid dienone is 1. The van der Waals surface area contributed by atoms with E-state index in [1.165, 1.54) is 12.8 Å². The molecule has 3 heterocycles. The lowest BCUT2D eigenvalue weighted by atomic mass is 9.87. The summed E-state index contributed by atoms with van der Waals surface area (Å²) >= 11 is 0. The zero-order valence-electron chi connectivity index (χ0n) is 18.7. The molecule has 1 aromatic carbocycles. The molecule has 0 aromatic heterocycles. The minimum absolute atomic E-state index is 0.141. The Balaban J connectivity index is 1.31. The summed E-state index contributed by atoms with van der Waals surface area (Å²) in [6.07, 6.45) is 5.64. The van der Waals surface area contributed by atoms with Crippen LogP contribution in [0.3, 0.4) is 0 Å². The molecule has 2 saturated heterocycles. The molecule has 0 radical (unpaired) electrons. The molecular weight excluding hydrogens is 378 g/mol. The number of hydrogen-bond acceptors (Lipinski definition) is 5. The first-order valence-electron chi connectivity index (χ1n) is 11.1. The monoisotopic (exact) mass is 413 g/mol. The van der Waals surface area contributed by atoms with Gasteiger partial charge in [0.25, 0.3) is 0 Å². The molecule has 2 N–H and O–H groups in total. The van der Waals surface area contributed by atoms with E-state index in [1.54, 1.807) is 0 Å². The third kappa shape index (κ3) is 4.59. The highest BCUT2D eigenvalue weighted by molar-refractivity contribution is 5.78. The van der Waals surface area contributed by atoms with Crippen LogP contribution < -0.4 is 20.1 Å². The molecule has 2 unspecified atom stereocenters. The number of anilines is 1. The molecule has 0 spiro atoms. The predicted molar refractivity (Wildman–Crippen MR) is 119 cm³/mol. The summed E-state index contributed by atoms with van der Waals surface area (Å²) in [4.78, 5) is 14.9. The third-order valence-corrected chi connectivity index (χ3v) is 6.46. The molecule has 164 valence electrons. The van der Waals surface area contributed by atoms with Gasteiger partial charge in [0.05, 0.1) is 6.54 Å². The van der Waals surface area contributed by atoms with E-state index in [9.17, 15) is 4.79 Å². The van der Waals surface area contributed by atoms with Gasteiger partial charge in [0.2, 0.25) is 12.7 Å². The van der Waals surface area contributed by atoms with E-state index in [-0.39, 0.29) is 18.2 Å². The number of hydrogen-bond donors (Lipinski definition) is 2. The Hall–Kier alpha value is -2.21. The van der Waals surface area contributed by atoms with Crippen molar-refractivity contribution in [3.63, 3.8) is 0 Å². The Morgan fingerprint density at radius 2 is 1.90 bits per heavy atom. The number of fused-ring (bicyclic) bond motifs is 3. The van der Waals surface area contributed by atoms with E-state index in [1.807, 2.05) is 39.8 Å². The van der Waals surface area contributed by atoms with Crippen LogP contribution >= 0.6 is 0 Å². The molecule has 1 amide bonds. The maximum absolute atomic E-state index is 12.4. The van der Waals surface area contributed by atoms with Gasteiger partial charge in [-0.3, -0.25) is 9.69 Å². The number of amides is 1. The van der Waals surface area contributed by atoms with Crippen LogP contribution in [0.2, 0.25) is 0 Å². The van der Waals surface area contributed by atoms with E-state index >= 15 is 0 Å². The molecule has 0 aliphatic carbocycles. The Labute approximate surface area is 180 Å². The van der Waals surface area contributed by atoms with Crippen molar-refractivity contribution in [3.8, 4) is 11.5 Å². The fraction of sp³-hybridized carbons (Fsp3) is 0.625. The number of carbonyl (C=O) groups excluding carboxylic acids is 1. The first kappa shape index (κ1) is 21.0. The van der Waals surface area contributed by atoms with Gasteiger partial charge in [0.1, 0.15) is 0 Å². The van der Waals surface area contributed by atoms with Gasteiger partial charge in [-0.25, -0.2) is 0 Å². The molecule has 2 fully saturated rings. The molecule has 30 heavy (non-hydrogen) atoms. The number of benzene rings is 1. The van der Waals surface area contributed by atoms with Crippen molar-refractivity contribution < 1.29 is 14.3 Å². The van der Waals surface area contributed by atoms with Crippen LogP contribution in [0.15, 0.2) is 24.4 Å². The van der Waals surface area contributed by atoms with Crippen LogP contribution in [0.1, 0.15) is 58.4 Å². The number of nitrogens with zero attached hydrogens (tertiary/aromatic N) is 1. The van der Waals surface area contributed by atoms with Crippen LogP contribution in [0.4, 0.5) is 5.69 Å². The minimum atomic E-state index is -0.176. The molecule has 6 heteroatoms. The van der Waals surface area contributed by atoms with Gasteiger partial charge < -0.3 is 20.1 Å². The zero-order valence-corrected chi connectivity index (χ0v) is 18.7. The molecule has 1 aromatic rings. The van der Waals surface area contributed by atoms with E-state index in [2.05, 4.69) is 22.1 Å². The van der Waals surface area contributed by atoms with Crippen LogP contribution in [-0.4, -0.2) is 41.8 Å². The SMILES string of the molecule is C=C(CC1CC2CC[C@@H](C1)N2CC(=O)NC(C)(C)C)Nc1ccc2c(c1C)OCO2. The molecule has 6 nitrogen and oxygen atoms in total. The number of carbonyl (C=O) groups is 1. The van der Waals surface area contributed by atoms with Crippen molar-refractivity contribution in [1.82, 2.24) is 10.2 Å². The normalized spacial score (nSPS) is 25.3. The van der Waals surface area contributed by atoms with Crippen molar-refractivity contribution in [3.05, 3.63) is 30.0 Å². The largest absolute Gasteiger partial charge is 0.454 e. The zero-order chi connectivity index (χ0) is 21.5. The summed E-state index contributed by atoms with van der Waals surface area (Å²) in [6, 6.07) is 5.01. The predicted octanol–water partition coefficient (Wildman–Crippen LogP) is 4.20. The van der Waals surface area contributed by atoms with Crippen molar-refractivity contribution >= 4 is 11.6 Å². The first-order valence-corrected chi connectivity index (χ1v) is 11.1. The summed E-state index contributed by atoms with van der Waals surface area (Å²) in [5.74, 6) is 2.39. The van der Waals surface area contributed by atoms with Crippen molar-refractivity contribution in [2.45, 2.75) is 77.4 Å². The van der Waals surface area contributed by atoms with Crippen LogP contribution in [0, 0.1) is 12.8 Å². The molecule has 2 bridgehead atoms. The maximum atomic E-state index is 12.4. The smallest absolute Gasteiger partial charge is 0.234 e. The van der Waals surface area contributed by atoms with Gasteiger partial charge in [-0.1, -0.05) is 6.58 Å². The lowest BCUT2D eigenvalue weighted by Crippen LogP contribution is -2.51. The molecule has 3 atom stereocenters. The molecule has 4 rings (SSSR count). The van der Waals surface area contributed by atoms with E-state index in [4.69, 9.17) is 9.47 Å². The average Bonchev–Trinajstić information content (AvgIpc) is 3.19. The van der Waals surface area contributed by atoms with Gasteiger partial charge in [-0.2, -0.15) is 0 Å². The first-order chi connectivity index (χ1) is 14.2. The minimum Gasteiger partial charge on any atom is -0.454 e.